The van der Waals surface area contributed by atoms with Crippen LogP contribution in [0.25, 0.3) is 17.0 Å². The van der Waals surface area contributed by atoms with E-state index in [-0.39, 0.29) is 23.4 Å². The molecule has 2 fully saturated rings. The molecule has 11 heteroatoms. The van der Waals surface area contributed by atoms with E-state index in [0.29, 0.717) is 42.7 Å². The van der Waals surface area contributed by atoms with Gasteiger partial charge >= 0.3 is 0 Å². The number of hydrogen-bond acceptors (Lipinski definition) is 8. The zero-order chi connectivity index (χ0) is 31.1. The lowest BCUT2D eigenvalue weighted by Gasteiger charge is -2.64. The predicted molar refractivity (Wildman–Crippen MR) is 165 cm³/mol. The number of methoxy groups -OCH3 is 1. The molecule has 2 aliphatic heterocycles. The minimum atomic E-state index is -4.06. The summed E-state index contributed by atoms with van der Waals surface area (Å²) < 4.78 is 48.1. The Morgan fingerprint density at radius 3 is 2.82 bits per heavy atom. The normalized spacial score (nSPS) is 28.6. The third-order valence-corrected chi connectivity index (χ3v) is 12.5. The molecule has 1 amide bonds. The van der Waals surface area contributed by atoms with Gasteiger partial charge in [0, 0.05) is 42.4 Å². The fourth-order valence-electron chi connectivity index (χ4n) is 8.54. The van der Waals surface area contributed by atoms with E-state index in [1.54, 1.807) is 68.1 Å². The Bertz CT molecular complexity index is 1970. The molecule has 10 nitrogen and oxygen atoms in total. The Kier molecular flexibility index (Phi) is 6.23. The molecule has 4 aliphatic rings. The number of nitrogens with zero attached hydrogens (tertiary/aromatic N) is 3. The molecule has 5 atom stereocenters. The molecule has 0 radical (unpaired) electrons. The van der Waals surface area contributed by atoms with E-state index in [4.69, 9.17) is 13.9 Å². The highest BCUT2D eigenvalue weighted by Gasteiger charge is 2.74. The first-order chi connectivity index (χ1) is 21.7. The van der Waals surface area contributed by atoms with E-state index in [9.17, 15) is 18.3 Å². The molecule has 4 heterocycles. The van der Waals surface area contributed by atoms with Crippen molar-refractivity contribution in [2.75, 3.05) is 20.7 Å². The van der Waals surface area contributed by atoms with Gasteiger partial charge < -0.3 is 23.9 Å². The summed E-state index contributed by atoms with van der Waals surface area (Å²) in [6.07, 6.45) is 8.67. The van der Waals surface area contributed by atoms with Crippen LogP contribution in [0.15, 0.2) is 82.6 Å². The molecule has 1 unspecified atom stereocenters. The van der Waals surface area contributed by atoms with Crippen molar-refractivity contribution in [1.29, 1.82) is 0 Å². The van der Waals surface area contributed by atoms with Gasteiger partial charge in [-0.15, -0.1) is 0 Å². The number of sulfonamides is 1. The molecule has 1 saturated heterocycles. The molecule has 1 spiro atoms. The maximum atomic E-state index is 14.5. The highest BCUT2D eigenvalue weighted by Crippen LogP contribution is 2.66. The largest absolute Gasteiger partial charge is 0.493 e. The summed E-state index contributed by atoms with van der Waals surface area (Å²) in [5.41, 5.74) is 0.604. The SMILES string of the molecule is COc1ccc2c3c1O[C@H]1[C@H](N(C)C(=O)/C=C\c4ccoc4)CC[C@@]4(O)[C@@H](C2)N(S(=O)(=O)c2cccc5cccnc25)CCC314. The minimum Gasteiger partial charge on any atom is -0.493 e. The molecule has 2 aliphatic carbocycles. The van der Waals surface area contributed by atoms with Crippen LogP contribution in [0.5, 0.6) is 11.5 Å². The first kappa shape index (κ1) is 28.3. The van der Waals surface area contributed by atoms with Gasteiger partial charge in [-0.3, -0.25) is 9.78 Å². The van der Waals surface area contributed by atoms with E-state index < -0.39 is 33.2 Å². The fraction of sp³-hybridized carbons (Fsp3) is 0.353. The van der Waals surface area contributed by atoms with Gasteiger partial charge in [0.15, 0.2) is 11.5 Å². The molecular weight excluding hydrogens is 594 g/mol. The Morgan fingerprint density at radius 2 is 2.02 bits per heavy atom. The number of piperidine rings is 1. The first-order valence-corrected chi connectivity index (χ1v) is 16.6. The Labute approximate surface area is 260 Å². The summed E-state index contributed by atoms with van der Waals surface area (Å²) >= 11 is 0. The zero-order valence-electron chi connectivity index (χ0n) is 24.9. The zero-order valence-corrected chi connectivity index (χ0v) is 25.7. The molecular formula is C34H33N3O7S. The highest BCUT2D eigenvalue weighted by atomic mass is 32.2. The maximum absolute atomic E-state index is 14.5. The summed E-state index contributed by atoms with van der Waals surface area (Å²) in [5, 5.41) is 13.7. The smallest absolute Gasteiger partial charge is 0.246 e. The van der Waals surface area contributed by atoms with E-state index in [2.05, 4.69) is 4.98 Å². The number of amides is 1. The number of para-hydroxylation sites is 1. The number of likely N-dealkylation sites (N-methyl/N-ethyl adjacent to an activating group) is 1. The number of aromatic nitrogens is 1. The van der Waals surface area contributed by atoms with Gasteiger partial charge in [-0.1, -0.05) is 24.3 Å². The lowest BCUT2D eigenvalue weighted by atomic mass is 9.48. The van der Waals surface area contributed by atoms with Crippen molar-refractivity contribution in [3.05, 3.63) is 90.0 Å². The van der Waals surface area contributed by atoms with Gasteiger partial charge in [0.1, 0.15) is 11.0 Å². The van der Waals surface area contributed by atoms with E-state index in [1.165, 1.54) is 10.4 Å². The van der Waals surface area contributed by atoms with Crippen LogP contribution in [0.4, 0.5) is 0 Å². The fourth-order valence-corrected chi connectivity index (χ4v) is 10.4. The standard InChI is InChI=1S/C34H33N3O7S/c1-36(28(38)11-8-21-13-18-43-20-21)24-12-14-34(39)27-19-23-9-10-25(42-2)31-29(23)33(34,32(24)44-31)15-17-37(27)45(40,41)26-7-3-5-22-6-4-16-35-30(22)26/h3-11,13,16,18,20,24,27,32,39H,12,14-15,17,19H2,1-2H3/b11-8-/t24-,27-,32+,33?,34-/m1/s1. The number of benzene rings is 2. The number of carbonyl (C=O) groups is 1. The topological polar surface area (TPSA) is 122 Å². The summed E-state index contributed by atoms with van der Waals surface area (Å²) in [7, 11) is -0.716. The molecule has 232 valence electrons. The van der Waals surface area contributed by atoms with E-state index >= 15 is 0 Å². The van der Waals surface area contributed by atoms with Gasteiger partial charge in [0.25, 0.3) is 0 Å². The number of pyridine rings is 1. The van der Waals surface area contributed by atoms with Crippen molar-refractivity contribution < 1.29 is 32.2 Å². The van der Waals surface area contributed by atoms with Crippen LogP contribution in [0.1, 0.15) is 36.0 Å². The number of hydrogen-bond donors (Lipinski definition) is 1. The van der Waals surface area contributed by atoms with Crippen molar-refractivity contribution in [1.82, 2.24) is 14.2 Å². The number of rotatable bonds is 6. The number of ether oxygens (including phenoxy) is 2. The van der Waals surface area contributed by atoms with Crippen LogP contribution in [0.2, 0.25) is 0 Å². The van der Waals surface area contributed by atoms with Crippen LogP contribution < -0.4 is 9.47 Å². The summed E-state index contributed by atoms with van der Waals surface area (Å²) in [5.74, 6) is 0.932. The van der Waals surface area contributed by atoms with Crippen LogP contribution in [0, 0.1) is 0 Å². The van der Waals surface area contributed by atoms with Crippen molar-refractivity contribution in [3.8, 4) is 11.5 Å². The van der Waals surface area contributed by atoms with Gasteiger partial charge in [-0.25, -0.2) is 8.42 Å². The van der Waals surface area contributed by atoms with Crippen molar-refractivity contribution >= 4 is 32.9 Å². The Hall–Kier alpha value is -4.19. The Morgan fingerprint density at radius 1 is 1.18 bits per heavy atom. The average molecular weight is 628 g/mol. The first-order valence-electron chi connectivity index (χ1n) is 15.1. The van der Waals surface area contributed by atoms with Crippen LogP contribution in [-0.4, -0.2) is 78.1 Å². The average Bonchev–Trinajstić information content (AvgIpc) is 3.69. The predicted octanol–water partition coefficient (Wildman–Crippen LogP) is 3.92. The molecule has 45 heavy (non-hydrogen) atoms. The number of fused-ring (bicyclic) bond motifs is 1. The van der Waals surface area contributed by atoms with Crippen molar-refractivity contribution in [2.45, 2.75) is 59.8 Å². The van der Waals surface area contributed by atoms with Gasteiger partial charge in [-0.05, 0) is 61.6 Å². The second-order valence-corrected chi connectivity index (χ2v) is 14.3. The summed E-state index contributed by atoms with van der Waals surface area (Å²) in [4.78, 5) is 19.7. The second-order valence-electron chi connectivity index (χ2n) is 12.4. The van der Waals surface area contributed by atoms with Crippen LogP contribution in [-0.2, 0) is 26.7 Å². The highest BCUT2D eigenvalue weighted by molar-refractivity contribution is 7.89. The maximum Gasteiger partial charge on any atom is 0.246 e. The molecule has 4 aromatic rings. The van der Waals surface area contributed by atoms with Crippen molar-refractivity contribution in [2.24, 2.45) is 0 Å². The lowest BCUT2D eigenvalue weighted by Crippen LogP contribution is -2.78. The number of aliphatic hydroxyl groups is 1. The summed E-state index contributed by atoms with van der Waals surface area (Å²) in [6, 6.07) is 13.2. The Balaban J connectivity index is 1.23. The molecule has 1 saturated carbocycles. The van der Waals surface area contributed by atoms with E-state index in [0.717, 1.165) is 22.1 Å². The third-order valence-electron chi connectivity index (χ3n) is 10.6. The van der Waals surface area contributed by atoms with Crippen LogP contribution >= 0.6 is 0 Å². The molecule has 2 aromatic heterocycles. The number of carbonyl (C=O) groups excluding carboxylic acids is 1. The quantitative estimate of drug-likeness (QED) is 0.320. The van der Waals surface area contributed by atoms with E-state index in [1.807, 2.05) is 24.3 Å². The monoisotopic (exact) mass is 627 g/mol. The third kappa shape index (κ3) is 3.77. The summed E-state index contributed by atoms with van der Waals surface area (Å²) in [6.45, 7) is 0.180. The van der Waals surface area contributed by atoms with Gasteiger partial charge in [-0.2, -0.15) is 4.31 Å². The molecule has 2 aromatic carbocycles. The second kappa shape index (κ2) is 9.90. The van der Waals surface area contributed by atoms with Crippen molar-refractivity contribution in [3.63, 3.8) is 0 Å². The molecule has 2 bridgehead atoms. The van der Waals surface area contributed by atoms with Crippen LogP contribution in [0.3, 0.4) is 0 Å². The molecule has 1 N–H and O–H groups in total. The van der Waals surface area contributed by atoms with Gasteiger partial charge in [0.05, 0.1) is 48.3 Å². The number of furan rings is 1. The van der Waals surface area contributed by atoms with Gasteiger partial charge in [0.2, 0.25) is 15.9 Å². The molecule has 8 rings (SSSR count). The minimum absolute atomic E-state index is 0.129. The lowest BCUT2D eigenvalue weighted by molar-refractivity contribution is -0.186.